The first-order valence-electron chi connectivity index (χ1n) is 8.68. The average molecular weight is 425 g/mol. The van der Waals surface area contributed by atoms with Gasteiger partial charge in [-0.05, 0) is 23.8 Å². The predicted octanol–water partition coefficient (Wildman–Crippen LogP) is 2.20. The SMILES string of the molecule is CS(=O)(=O)N1C[C@H](C(=O)NCCOCc2ccccc2)Oc2ccc(Cl)cc21. The van der Waals surface area contributed by atoms with Crippen LogP contribution in [0.5, 0.6) is 5.75 Å². The Morgan fingerprint density at radius 2 is 2.04 bits per heavy atom. The van der Waals surface area contributed by atoms with Crippen LogP contribution < -0.4 is 14.4 Å². The smallest absolute Gasteiger partial charge is 0.263 e. The molecule has 0 radical (unpaired) electrons. The minimum Gasteiger partial charge on any atom is -0.476 e. The lowest BCUT2D eigenvalue weighted by molar-refractivity contribution is -0.128. The second-order valence-electron chi connectivity index (χ2n) is 6.34. The minimum absolute atomic E-state index is 0.122. The van der Waals surface area contributed by atoms with Crippen molar-refractivity contribution >= 4 is 33.2 Å². The zero-order valence-corrected chi connectivity index (χ0v) is 16.9. The van der Waals surface area contributed by atoms with E-state index >= 15 is 0 Å². The van der Waals surface area contributed by atoms with Crippen LogP contribution in [0.15, 0.2) is 48.5 Å². The number of sulfonamides is 1. The second kappa shape index (κ2) is 8.81. The van der Waals surface area contributed by atoms with Crippen molar-refractivity contribution in [3.8, 4) is 5.75 Å². The van der Waals surface area contributed by atoms with Gasteiger partial charge in [-0.2, -0.15) is 0 Å². The van der Waals surface area contributed by atoms with Crippen LogP contribution in [-0.2, 0) is 26.2 Å². The number of carbonyl (C=O) groups excluding carboxylic acids is 1. The molecule has 150 valence electrons. The van der Waals surface area contributed by atoms with E-state index in [1.54, 1.807) is 12.1 Å². The number of ether oxygens (including phenoxy) is 2. The zero-order chi connectivity index (χ0) is 20.1. The molecule has 2 aromatic rings. The standard InChI is InChI=1S/C19H21ClN2O5S/c1-28(24,25)22-12-18(27-17-8-7-15(20)11-16(17)22)19(23)21-9-10-26-13-14-5-3-2-4-6-14/h2-8,11,18H,9-10,12-13H2,1H3,(H,21,23)/t18-/m1/s1. The van der Waals surface area contributed by atoms with Crippen LogP contribution in [0.3, 0.4) is 0 Å². The lowest BCUT2D eigenvalue weighted by atomic mass is 10.2. The quantitative estimate of drug-likeness (QED) is 0.689. The fourth-order valence-electron chi connectivity index (χ4n) is 2.80. The molecule has 0 fully saturated rings. The van der Waals surface area contributed by atoms with E-state index in [1.165, 1.54) is 6.07 Å². The van der Waals surface area contributed by atoms with Gasteiger partial charge in [-0.15, -0.1) is 0 Å². The van der Waals surface area contributed by atoms with Crippen molar-refractivity contribution in [3.05, 3.63) is 59.1 Å². The average Bonchev–Trinajstić information content (AvgIpc) is 2.66. The van der Waals surface area contributed by atoms with E-state index in [9.17, 15) is 13.2 Å². The highest BCUT2D eigenvalue weighted by atomic mass is 35.5. The molecule has 9 heteroatoms. The Morgan fingerprint density at radius 3 is 2.75 bits per heavy atom. The van der Waals surface area contributed by atoms with Gasteiger partial charge in [0.2, 0.25) is 10.0 Å². The monoisotopic (exact) mass is 424 g/mol. The molecule has 0 saturated carbocycles. The molecule has 0 aliphatic carbocycles. The number of fused-ring (bicyclic) bond motifs is 1. The summed E-state index contributed by atoms with van der Waals surface area (Å²) in [5, 5.41) is 3.10. The molecule has 1 N–H and O–H groups in total. The maximum atomic E-state index is 12.4. The number of nitrogens with zero attached hydrogens (tertiary/aromatic N) is 1. The molecule has 2 aromatic carbocycles. The van der Waals surface area contributed by atoms with Crippen LogP contribution in [0.25, 0.3) is 0 Å². The molecule has 0 aromatic heterocycles. The number of hydrogen-bond donors (Lipinski definition) is 1. The van der Waals surface area contributed by atoms with Crippen LogP contribution in [-0.4, -0.2) is 46.4 Å². The number of carbonyl (C=O) groups is 1. The van der Waals surface area contributed by atoms with Gasteiger partial charge in [0, 0.05) is 11.6 Å². The van der Waals surface area contributed by atoms with Crippen LogP contribution in [0.2, 0.25) is 5.02 Å². The fourth-order valence-corrected chi connectivity index (χ4v) is 3.87. The van der Waals surface area contributed by atoms with Crippen LogP contribution in [0.4, 0.5) is 5.69 Å². The highest BCUT2D eigenvalue weighted by Crippen LogP contribution is 2.37. The topological polar surface area (TPSA) is 84.9 Å². The summed E-state index contributed by atoms with van der Waals surface area (Å²) in [6.45, 7) is 0.947. The van der Waals surface area contributed by atoms with Gasteiger partial charge in [0.25, 0.3) is 5.91 Å². The Kier molecular flexibility index (Phi) is 6.43. The van der Waals surface area contributed by atoms with E-state index in [0.29, 0.717) is 29.7 Å². The second-order valence-corrected chi connectivity index (χ2v) is 8.69. The summed E-state index contributed by atoms with van der Waals surface area (Å²) in [5.41, 5.74) is 1.37. The fraction of sp³-hybridized carbons (Fsp3) is 0.316. The maximum Gasteiger partial charge on any atom is 0.263 e. The summed E-state index contributed by atoms with van der Waals surface area (Å²) in [5.74, 6) is -0.112. The van der Waals surface area contributed by atoms with E-state index in [0.717, 1.165) is 16.1 Å². The van der Waals surface area contributed by atoms with Gasteiger partial charge in [0.1, 0.15) is 5.75 Å². The lowest BCUT2D eigenvalue weighted by Crippen LogP contribution is -2.50. The first-order valence-corrected chi connectivity index (χ1v) is 10.9. The summed E-state index contributed by atoms with van der Waals surface area (Å²) in [4.78, 5) is 12.4. The van der Waals surface area contributed by atoms with E-state index in [4.69, 9.17) is 21.1 Å². The van der Waals surface area contributed by atoms with E-state index in [2.05, 4.69) is 5.32 Å². The first kappa shape index (κ1) is 20.4. The molecular formula is C19H21ClN2O5S. The van der Waals surface area contributed by atoms with Gasteiger partial charge in [-0.25, -0.2) is 8.42 Å². The number of amides is 1. The van der Waals surface area contributed by atoms with Gasteiger partial charge >= 0.3 is 0 Å². The number of anilines is 1. The molecular weight excluding hydrogens is 404 g/mol. The van der Waals surface area contributed by atoms with Crippen molar-refractivity contribution in [2.75, 3.05) is 30.3 Å². The molecule has 1 aliphatic heterocycles. The minimum atomic E-state index is -3.59. The predicted molar refractivity (Wildman–Crippen MR) is 107 cm³/mol. The Bertz CT molecular complexity index is 937. The Morgan fingerprint density at radius 1 is 1.29 bits per heavy atom. The third kappa shape index (κ3) is 5.15. The Hall–Kier alpha value is -2.29. The van der Waals surface area contributed by atoms with Crippen molar-refractivity contribution in [2.45, 2.75) is 12.7 Å². The van der Waals surface area contributed by atoms with Gasteiger partial charge < -0.3 is 14.8 Å². The molecule has 0 saturated heterocycles. The van der Waals surface area contributed by atoms with Crippen LogP contribution >= 0.6 is 11.6 Å². The largest absolute Gasteiger partial charge is 0.476 e. The molecule has 1 aliphatic rings. The zero-order valence-electron chi connectivity index (χ0n) is 15.3. The molecule has 28 heavy (non-hydrogen) atoms. The third-order valence-corrected chi connectivity index (χ3v) is 5.52. The molecule has 1 amide bonds. The van der Waals surface area contributed by atoms with Crippen LogP contribution in [0.1, 0.15) is 5.56 Å². The van der Waals surface area contributed by atoms with E-state index in [-0.39, 0.29) is 13.1 Å². The van der Waals surface area contributed by atoms with Crippen molar-refractivity contribution < 1.29 is 22.7 Å². The first-order chi connectivity index (χ1) is 13.3. The van der Waals surface area contributed by atoms with Crippen LogP contribution in [0, 0.1) is 0 Å². The van der Waals surface area contributed by atoms with Crippen molar-refractivity contribution in [3.63, 3.8) is 0 Å². The number of halogens is 1. The Labute approximate surface area is 169 Å². The maximum absolute atomic E-state index is 12.4. The molecule has 1 atom stereocenters. The third-order valence-electron chi connectivity index (χ3n) is 4.14. The lowest BCUT2D eigenvalue weighted by Gasteiger charge is -2.34. The molecule has 7 nitrogen and oxygen atoms in total. The van der Waals surface area contributed by atoms with Crippen molar-refractivity contribution in [1.82, 2.24) is 5.32 Å². The molecule has 0 unspecified atom stereocenters. The summed E-state index contributed by atoms with van der Waals surface area (Å²) in [6.07, 6.45) is 0.118. The summed E-state index contributed by atoms with van der Waals surface area (Å²) in [6, 6.07) is 14.3. The summed E-state index contributed by atoms with van der Waals surface area (Å²) in [7, 11) is -3.59. The molecule has 3 rings (SSSR count). The van der Waals surface area contributed by atoms with Gasteiger partial charge in [0.15, 0.2) is 6.10 Å². The molecule has 0 spiro atoms. The number of hydrogen-bond acceptors (Lipinski definition) is 5. The molecule has 0 bridgehead atoms. The highest BCUT2D eigenvalue weighted by Gasteiger charge is 2.35. The number of benzene rings is 2. The molecule has 1 heterocycles. The van der Waals surface area contributed by atoms with Crippen molar-refractivity contribution in [2.24, 2.45) is 0 Å². The van der Waals surface area contributed by atoms with E-state index in [1.807, 2.05) is 30.3 Å². The number of rotatable bonds is 7. The Balaban J connectivity index is 1.56. The number of nitrogens with one attached hydrogen (secondary N) is 1. The van der Waals surface area contributed by atoms with Gasteiger partial charge in [-0.1, -0.05) is 41.9 Å². The summed E-state index contributed by atoms with van der Waals surface area (Å²) < 4.78 is 36.6. The van der Waals surface area contributed by atoms with Gasteiger partial charge in [-0.3, -0.25) is 9.10 Å². The van der Waals surface area contributed by atoms with Crippen molar-refractivity contribution in [1.29, 1.82) is 0 Å². The van der Waals surface area contributed by atoms with Gasteiger partial charge in [0.05, 0.1) is 31.7 Å². The normalized spacial score (nSPS) is 16.2. The summed E-state index contributed by atoms with van der Waals surface area (Å²) >= 11 is 5.96. The highest BCUT2D eigenvalue weighted by molar-refractivity contribution is 7.92. The van der Waals surface area contributed by atoms with E-state index < -0.39 is 22.0 Å².